The molecule has 0 saturated heterocycles. The number of carbonyl (C=O) groups is 1. The third-order valence-electron chi connectivity index (χ3n) is 3.00. The van der Waals surface area contributed by atoms with Crippen LogP contribution in [0.5, 0.6) is 5.75 Å². The summed E-state index contributed by atoms with van der Waals surface area (Å²) in [6.07, 6.45) is 0.861. The number of hydrogen-bond donors (Lipinski definition) is 1. The highest BCUT2D eigenvalue weighted by atomic mass is 79.9. The lowest BCUT2D eigenvalue weighted by atomic mass is 10.1. The van der Waals surface area contributed by atoms with Crippen molar-refractivity contribution in [2.24, 2.45) is 5.92 Å². The van der Waals surface area contributed by atoms with Gasteiger partial charge in [0.1, 0.15) is 5.75 Å². The highest BCUT2D eigenvalue weighted by molar-refractivity contribution is 9.10. The summed E-state index contributed by atoms with van der Waals surface area (Å²) >= 11 is 3.43. The molecule has 2 rings (SSSR count). The van der Waals surface area contributed by atoms with Gasteiger partial charge in [-0.25, -0.2) is 0 Å². The Hall–Kier alpha value is -0.880. The van der Waals surface area contributed by atoms with Crippen molar-refractivity contribution in [1.82, 2.24) is 0 Å². The lowest BCUT2D eigenvalue weighted by molar-refractivity contribution is -0.140. The Labute approximate surface area is 122 Å². The number of halogens is 1. The molecule has 104 valence electrons. The summed E-state index contributed by atoms with van der Waals surface area (Å²) in [5.74, 6) is -0.193. The smallest absolute Gasteiger partial charge is 0.307 e. The molecular weight excluding hydrogens is 332 g/mol. The van der Waals surface area contributed by atoms with Crippen molar-refractivity contribution in [3.8, 4) is 5.75 Å². The van der Waals surface area contributed by atoms with Gasteiger partial charge in [0.05, 0.1) is 18.3 Å². The average molecular weight is 347 g/mol. The van der Waals surface area contributed by atoms with Gasteiger partial charge in [0.2, 0.25) is 0 Å². The van der Waals surface area contributed by atoms with Gasteiger partial charge in [0.15, 0.2) is 0 Å². The lowest BCUT2D eigenvalue weighted by Crippen LogP contribution is -2.18. The Balaban J connectivity index is 2.11. The number of ether oxygens (including phenoxy) is 1. The van der Waals surface area contributed by atoms with Crippen molar-refractivity contribution in [1.29, 1.82) is 0 Å². The van der Waals surface area contributed by atoms with E-state index < -0.39 is 22.7 Å². The van der Waals surface area contributed by atoms with Crippen LogP contribution < -0.4 is 4.74 Å². The fourth-order valence-corrected chi connectivity index (χ4v) is 3.97. The molecule has 1 aliphatic heterocycles. The molecule has 0 saturated carbocycles. The van der Waals surface area contributed by atoms with Crippen LogP contribution in [0, 0.1) is 5.92 Å². The molecule has 2 atom stereocenters. The first-order valence-corrected chi connectivity index (χ1v) is 8.27. The first-order valence-electron chi connectivity index (χ1n) is 5.99. The zero-order valence-corrected chi connectivity index (χ0v) is 12.9. The number of hydrogen-bond acceptors (Lipinski definition) is 3. The molecule has 0 radical (unpaired) electrons. The molecule has 6 heteroatoms. The second-order valence-electron chi connectivity index (χ2n) is 4.64. The Kier molecular flexibility index (Phi) is 4.62. The number of rotatable bonds is 5. The van der Waals surface area contributed by atoms with Crippen molar-refractivity contribution >= 4 is 32.7 Å². The van der Waals surface area contributed by atoms with Gasteiger partial charge in [-0.15, -0.1) is 0 Å². The summed E-state index contributed by atoms with van der Waals surface area (Å²) in [7, 11) is -1.20. The third kappa shape index (κ3) is 3.57. The van der Waals surface area contributed by atoms with E-state index in [9.17, 15) is 9.00 Å². The predicted molar refractivity (Wildman–Crippen MR) is 76.9 cm³/mol. The fourth-order valence-electron chi connectivity index (χ4n) is 2.04. The van der Waals surface area contributed by atoms with Crippen LogP contribution in [-0.4, -0.2) is 27.6 Å². The van der Waals surface area contributed by atoms with Crippen LogP contribution in [0.15, 0.2) is 16.6 Å². The monoisotopic (exact) mass is 346 g/mol. The zero-order chi connectivity index (χ0) is 14.0. The maximum atomic E-state index is 12.0. The molecule has 1 heterocycles. The lowest BCUT2D eigenvalue weighted by Gasteiger charge is -2.10. The Bertz CT molecular complexity index is 530. The topological polar surface area (TPSA) is 63.6 Å². The second-order valence-corrected chi connectivity index (χ2v) is 7.06. The third-order valence-corrected chi connectivity index (χ3v) is 4.96. The van der Waals surface area contributed by atoms with Crippen molar-refractivity contribution in [2.75, 3.05) is 12.4 Å². The molecule has 0 aromatic heterocycles. The molecule has 0 aliphatic carbocycles. The Morgan fingerprint density at radius 1 is 1.58 bits per heavy atom. The largest absolute Gasteiger partial charge is 0.493 e. The number of carboxylic acids is 1. The van der Waals surface area contributed by atoms with Gasteiger partial charge in [-0.2, -0.15) is 0 Å². The Morgan fingerprint density at radius 3 is 3.00 bits per heavy atom. The summed E-state index contributed by atoms with van der Waals surface area (Å²) in [6, 6.07) is 3.90. The number of benzene rings is 1. The van der Waals surface area contributed by atoms with Crippen molar-refractivity contribution in [2.45, 2.75) is 19.1 Å². The van der Waals surface area contributed by atoms with Crippen molar-refractivity contribution < 1.29 is 18.8 Å². The van der Waals surface area contributed by atoms with E-state index in [-0.39, 0.29) is 5.75 Å². The van der Waals surface area contributed by atoms with Crippen LogP contribution in [0.3, 0.4) is 0 Å². The Morgan fingerprint density at radius 2 is 2.32 bits per heavy atom. The van der Waals surface area contributed by atoms with Gasteiger partial charge in [-0.3, -0.25) is 9.00 Å². The maximum absolute atomic E-state index is 12.0. The standard InChI is InChI=1S/C13H15BrO4S/c1-8(13(15)16)6-19(17)7-10-5-11(14)4-9-2-3-18-12(9)10/h4-5,8H,2-3,6-7H2,1H3,(H,15,16). The molecule has 19 heavy (non-hydrogen) atoms. The van der Waals surface area contributed by atoms with Crippen LogP contribution in [-0.2, 0) is 27.8 Å². The molecule has 1 aromatic rings. The molecule has 1 aromatic carbocycles. The van der Waals surface area contributed by atoms with E-state index in [0.717, 1.165) is 27.8 Å². The SMILES string of the molecule is CC(CS(=O)Cc1cc(Br)cc2c1OCC2)C(=O)O. The minimum absolute atomic E-state index is 0.163. The molecule has 0 spiro atoms. The second kappa shape index (κ2) is 6.05. The first-order chi connectivity index (χ1) is 8.97. The minimum atomic E-state index is -1.20. The van der Waals surface area contributed by atoms with Crippen LogP contribution in [0.4, 0.5) is 0 Å². The van der Waals surface area contributed by atoms with E-state index in [1.807, 2.05) is 12.1 Å². The van der Waals surface area contributed by atoms with E-state index in [1.54, 1.807) is 6.92 Å². The van der Waals surface area contributed by atoms with Gasteiger partial charge < -0.3 is 9.84 Å². The summed E-state index contributed by atoms with van der Waals surface area (Å²) < 4.78 is 18.5. The molecule has 4 nitrogen and oxygen atoms in total. The van der Waals surface area contributed by atoms with Crippen LogP contribution in [0.2, 0.25) is 0 Å². The summed E-state index contributed by atoms with van der Waals surface area (Å²) in [6.45, 7) is 2.22. The summed E-state index contributed by atoms with van der Waals surface area (Å²) in [5.41, 5.74) is 2.01. The fraction of sp³-hybridized carbons (Fsp3) is 0.462. The number of aliphatic carboxylic acids is 1. The van der Waals surface area contributed by atoms with Crippen LogP contribution in [0.25, 0.3) is 0 Å². The van der Waals surface area contributed by atoms with Gasteiger partial charge in [0.25, 0.3) is 0 Å². The van der Waals surface area contributed by atoms with Gasteiger partial charge in [-0.1, -0.05) is 22.9 Å². The van der Waals surface area contributed by atoms with E-state index in [1.165, 1.54) is 0 Å². The average Bonchev–Trinajstić information content (AvgIpc) is 2.76. The minimum Gasteiger partial charge on any atom is -0.493 e. The van der Waals surface area contributed by atoms with Gasteiger partial charge >= 0.3 is 5.97 Å². The van der Waals surface area contributed by atoms with Gasteiger partial charge in [0, 0.05) is 33.0 Å². The highest BCUT2D eigenvalue weighted by Crippen LogP contribution is 2.33. The molecule has 1 aliphatic rings. The van der Waals surface area contributed by atoms with Crippen molar-refractivity contribution in [3.63, 3.8) is 0 Å². The number of fused-ring (bicyclic) bond motifs is 1. The van der Waals surface area contributed by atoms with Gasteiger partial charge in [-0.05, 0) is 17.7 Å². The maximum Gasteiger partial charge on any atom is 0.307 e. The first kappa shape index (κ1) is 14.5. The quantitative estimate of drug-likeness (QED) is 0.888. The highest BCUT2D eigenvalue weighted by Gasteiger charge is 2.20. The molecule has 0 bridgehead atoms. The van der Waals surface area contributed by atoms with Crippen molar-refractivity contribution in [3.05, 3.63) is 27.7 Å². The van der Waals surface area contributed by atoms with E-state index in [2.05, 4.69) is 15.9 Å². The normalized spacial score (nSPS) is 16.5. The summed E-state index contributed by atoms with van der Waals surface area (Å²) in [4.78, 5) is 10.8. The van der Waals surface area contributed by atoms with E-state index in [0.29, 0.717) is 12.4 Å². The molecule has 0 fully saturated rings. The molecule has 0 amide bonds. The molecule has 2 unspecified atom stereocenters. The number of carboxylic acid groups (broad SMARTS) is 1. The van der Waals surface area contributed by atoms with E-state index in [4.69, 9.17) is 9.84 Å². The molecule has 1 N–H and O–H groups in total. The zero-order valence-electron chi connectivity index (χ0n) is 10.5. The predicted octanol–water partition coefficient (Wildman–Crippen LogP) is 2.35. The summed E-state index contributed by atoms with van der Waals surface area (Å²) in [5, 5.41) is 8.83. The van der Waals surface area contributed by atoms with E-state index >= 15 is 0 Å². The van der Waals surface area contributed by atoms with Crippen LogP contribution in [0.1, 0.15) is 18.1 Å². The molecular formula is C13H15BrO4S. The van der Waals surface area contributed by atoms with Crippen LogP contribution >= 0.6 is 15.9 Å².